The molecule has 2 aliphatic carbocycles. The topological polar surface area (TPSA) is 210 Å². The molecule has 0 saturated heterocycles. The summed E-state index contributed by atoms with van der Waals surface area (Å²) in [4.78, 5) is 50.6. The monoisotopic (exact) mass is 1020 g/mol. The molecule has 66 heavy (non-hydrogen) atoms. The molecule has 3 unspecified atom stereocenters. The Morgan fingerprint density at radius 1 is 0.818 bits per heavy atom. The molecule has 13 nitrogen and oxygen atoms in total. The number of aliphatic hydroxyl groups is 1. The number of halogens is 1. The molecule has 0 aromatic heterocycles. The zero-order valence-electron chi connectivity index (χ0n) is 36.5. The molecule has 4 aromatic carbocycles. The number of ketones is 2. The molecule has 346 valence electrons. The largest absolute Gasteiger partial charge is 1.00 e. The van der Waals surface area contributed by atoms with E-state index in [1.165, 1.54) is 0 Å². The van der Waals surface area contributed by atoms with E-state index >= 15 is 0 Å². The van der Waals surface area contributed by atoms with Crippen molar-refractivity contribution in [3.63, 3.8) is 0 Å². The zero-order chi connectivity index (χ0) is 46.9. The molecule has 2 aliphatic heterocycles. The molecular formula is C47H50ClKN2O11S4. The van der Waals surface area contributed by atoms with Gasteiger partial charge in [-0.3, -0.25) is 14.4 Å². The van der Waals surface area contributed by atoms with E-state index < -0.39 is 30.3 Å². The number of Topliss-reactive ketones (excluding diaryl/α,β-unsaturated/α-hetero) is 2. The van der Waals surface area contributed by atoms with Crippen molar-refractivity contribution in [2.45, 2.75) is 51.9 Å². The van der Waals surface area contributed by atoms with Gasteiger partial charge in [0.2, 0.25) is 0 Å². The Morgan fingerprint density at radius 2 is 1.30 bits per heavy atom. The third-order valence-electron chi connectivity index (χ3n) is 10.7. The van der Waals surface area contributed by atoms with Crippen LogP contribution >= 0.6 is 59.5 Å². The number of ether oxygens (including phenoxy) is 4. The van der Waals surface area contributed by atoms with E-state index in [1.807, 2.05) is 84.9 Å². The Morgan fingerprint density at radius 3 is 1.79 bits per heavy atom. The third kappa shape index (κ3) is 15.2. The van der Waals surface area contributed by atoms with Crippen LogP contribution in [0.4, 0.5) is 0 Å². The molecule has 19 heteroatoms. The predicted molar refractivity (Wildman–Crippen MR) is 255 cm³/mol. The fourth-order valence-corrected chi connectivity index (χ4v) is 11.7. The number of thioether (sulfide) groups is 3. The van der Waals surface area contributed by atoms with Crippen LogP contribution in [0, 0.1) is 11.8 Å². The number of benzene rings is 4. The van der Waals surface area contributed by atoms with Crippen LogP contribution in [0.25, 0.3) is 0 Å². The summed E-state index contributed by atoms with van der Waals surface area (Å²) in [5, 5.41) is 19.3. The molecular weight excluding hydrogens is 971 g/mol. The SMILES string of the molecule is COc1ccc(COC(=O)C2=C(CCl)CS[C@H]3C2C(=O)[C@H]3N)cc1.COc1ccc(COC(O)C2=C(CSc3ccccc3)CS[C@H]3C2C(=O)[C@H]3N)cc1.O=CO[O-].Sc1ccccc1.[K+]. The van der Waals surface area contributed by atoms with Gasteiger partial charge in [0, 0.05) is 43.4 Å². The minimum atomic E-state index is -1.12. The standard InChI is InChI=1S/C23H25NO4S2.C17H18ClNO4S.C6H6S.CH2O3.K/c1-27-16-9-7-14(8-10-16)11-28-23(26)18-15(12-29-17-5-3-2-4-6-17)13-30-22-19(18)21(25)20(22)24;1-22-11-4-2-9(3-5-11)7-23-17(21)12-10(6-18)8-24-16-13(12)15(20)14(16)19;7-6-4-2-1-3-5-6;2-1-4-3;/h2-10,19-20,22-23,26H,11-13,24H2,1H3;2-5,13-14,16H,6-8,19H2,1H3;1-5,7H;1,3H;/q;;;;+1/p-1/t19?,20-,22+,23?;13?,14-,16+;;;/m11.../s1. The second-order valence-corrected chi connectivity index (χ2v) is 18.8. The van der Waals surface area contributed by atoms with Crippen LogP contribution in [0.2, 0.25) is 0 Å². The van der Waals surface area contributed by atoms with Gasteiger partial charge in [0.05, 0.1) is 50.3 Å². The number of thiol groups is 1. The summed E-state index contributed by atoms with van der Waals surface area (Å²) in [6, 6.07) is 33.7. The van der Waals surface area contributed by atoms with Crippen molar-refractivity contribution in [2.24, 2.45) is 23.3 Å². The number of methoxy groups -OCH3 is 2. The molecule has 0 bridgehead atoms. The number of hydrogen-bond donors (Lipinski definition) is 4. The molecule has 2 heterocycles. The fraction of sp³-hybridized carbons (Fsp3) is 0.319. The van der Waals surface area contributed by atoms with Crippen molar-refractivity contribution in [3.8, 4) is 11.5 Å². The van der Waals surface area contributed by atoms with Crippen LogP contribution in [0.5, 0.6) is 11.5 Å². The van der Waals surface area contributed by atoms with Gasteiger partial charge < -0.3 is 45.7 Å². The molecule has 2 fully saturated rings. The number of hydrogen-bond acceptors (Lipinski definition) is 17. The number of esters is 1. The zero-order valence-corrected chi connectivity index (χ0v) is 43.7. The van der Waals surface area contributed by atoms with Crippen molar-refractivity contribution in [1.29, 1.82) is 0 Å². The number of alkyl halides is 1. The van der Waals surface area contributed by atoms with Gasteiger partial charge in [0.1, 0.15) is 18.1 Å². The number of carbonyl (C=O) groups excluding carboxylic acids is 4. The van der Waals surface area contributed by atoms with Crippen molar-refractivity contribution in [3.05, 3.63) is 143 Å². The van der Waals surface area contributed by atoms with E-state index in [0.29, 0.717) is 22.7 Å². The number of rotatable bonds is 14. The molecule has 8 rings (SSSR count). The predicted octanol–water partition coefficient (Wildman–Crippen LogP) is 2.59. The average molecular weight is 1020 g/mol. The molecule has 4 aliphatic rings. The summed E-state index contributed by atoms with van der Waals surface area (Å²) >= 11 is 15.0. The normalized spacial score (nSPS) is 21.6. The molecule has 2 saturated carbocycles. The number of aliphatic hydroxyl groups excluding tert-OH is 1. The van der Waals surface area contributed by atoms with Gasteiger partial charge in [0.25, 0.3) is 6.47 Å². The van der Waals surface area contributed by atoms with Gasteiger partial charge in [-0.2, -0.15) is 23.5 Å². The van der Waals surface area contributed by atoms with E-state index in [4.69, 9.17) is 52.1 Å². The Labute approximate surface area is 450 Å². The first kappa shape index (κ1) is 56.0. The van der Waals surface area contributed by atoms with Gasteiger partial charge in [-0.05, 0) is 76.4 Å². The van der Waals surface area contributed by atoms with Gasteiger partial charge in [-0.15, -0.1) is 36.0 Å². The number of nitrogens with two attached hydrogens (primary N) is 2. The summed E-state index contributed by atoms with van der Waals surface area (Å²) in [5.74, 6) is 2.37. The molecule has 0 radical (unpaired) electrons. The maximum atomic E-state index is 12.5. The third-order valence-corrected chi connectivity index (χ3v) is 15.3. The van der Waals surface area contributed by atoms with Crippen molar-refractivity contribution in [1.82, 2.24) is 0 Å². The van der Waals surface area contributed by atoms with Crippen LogP contribution in [-0.4, -0.2) is 95.3 Å². The average Bonchev–Trinajstić information content (AvgIpc) is 3.36. The maximum absolute atomic E-state index is 12.5. The summed E-state index contributed by atoms with van der Waals surface area (Å²) in [6.07, 6.45) is -1.12. The van der Waals surface area contributed by atoms with Crippen molar-refractivity contribution < 1.29 is 105 Å². The van der Waals surface area contributed by atoms with Crippen molar-refractivity contribution in [2.75, 3.05) is 37.4 Å². The summed E-state index contributed by atoms with van der Waals surface area (Å²) in [6.45, 7) is 0.200. The van der Waals surface area contributed by atoms with Crippen LogP contribution in [0.1, 0.15) is 11.1 Å². The summed E-state index contributed by atoms with van der Waals surface area (Å²) in [7, 11) is 3.21. The van der Waals surface area contributed by atoms with Gasteiger partial charge >= 0.3 is 57.4 Å². The van der Waals surface area contributed by atoms with Crippen LogP contribution < -0.4 is 77.6 Å². The van der Waals surface area contributed by atoms with Gasteiger partial charge in [0.15, 0.2) is 17.9 Å². The summed E-state index contributed by atoms with van der Waals surface area (Å²) < 4.78 is 21.5. The second-order valence-electron chi connectivity index (χ2n) is 14.6. The van der Waals surface area contributed by atoms with Gasteiger partial charge in [-0.25, -0.2) is 4.79 Å². The molecule has 4 aromatic rings. The smallest absolute Gasteiger partial charge is 0.662 e. The minimum absolute atomic E-state index is 0. The first-order valence-electron chi connectivity index (χ1n) is 20.1. The molecule has 7 atom stereocenters. The Hall–Kier alpha value is -2.63. The van der Waals surface area contributed by atoms with Crippen LogP contribution in [0.15, 0.2) is 141 Å². The number of fused-ring (bicyclic) bond motifs is 2. The fourth-order valence-electron chi connectivity index (χ4n) is 7.16. The Kier molecular flexibility index (Phi) is 24.4. The van der Waals surface area contributed by atoms with E-state index in [2.05, 4.69) is 29.6 Å². The van der Waals surface area contributed by atoms with E-state index in [0.717, 1.165) is 49.3 Å². The molecule has 0 spiro atoms. The molecule has 5 N–H and O–H groups in total. The second kappa shape index (κ2) is 28.8. The minimum Gasteiger partial charge on any atom is -0.662 e. The quantitative estimate of drug-likeness (QED) is 0.0137. The first-order chi connectivity index (χ1) is 31.4. The number of carbonyl (C=O) groups is 4. The Bertz CT molecular complexity index is 2260. The van der Waals surface area contributed by atoms with Crippen LogP contribution in [-0.2, 0) is 46.8 Å². The maximum Gasteiger partial charge on any atom is 1.00 e. The van der Waals surface area contributed by atoms with E-state index in [9.17, 15) is 19.5 Å². The van der Waals surface area contributed by atoms with Crippen molar-refractivity contribution >= 4 is 83.5 Å². The van der Waals surface area contributed by atoms with E-state index in [-0.39, 0.29) is 105 Å². The van der Waals surface area contributed by atoms with E-state index in [1.54, 1.807) is 61.6 Å². The first-order valence-corrected chi connectivity index (χ1v) is 24.2. The summed E-state index contributed by atoms with van der Waals surface area (Å²) in [5.41, 5.74) is 16.6. The van der Waals surface area contributed by atoms with Crippen LogP contribution in [0.3, 0.4) is 0 Å². The van der Waals surface area contributed by atoms with Gasteiger partial charge in [-0.1, -0.05) is 60.7 Å². The molecule has 0 amide bonds. The Balaban J connectivity index is 0.000000235.